The van der Waals surface area contributed by atoms with Crippen molar-refractivity contribution in [3.63, 3.8) is 0 Å². The number of esters is 1. The number of methoxy groups -OCH3 is 1. The number of nitrogens with one attached hydrogen (secondary N) is 1. The van der Waals surface area contributed by atoms with E-state index in [-0.39, 0.29) is 12.0 Å². The van der Waals surface area contributed by atoms with E-state index in [1.54, 1.807) is 18.3 Å². The van der Waals surface area contributed by atoms with Crippen LogP contribution in [0.15, 0.2) is 24.3 Å². The lowest BCUT2D eigenvalue weighted by Crippen LogP contribution is -2.34. The van der Waals surface area contributed by atoms with Crippen molar-refractivity contribution in [1.82, 2.24) is 5.32 Å². The van der Waals surface area contributed by atoms with E-state index in [0.29, 0.717) is 6.54 Å². The van der Waals surface area contributed by atoms with Crippen LogP contribution < -0.4 is 5.32 Å². The first kappa shape index (κ1) is 13.3. The molecule has 1 aromatic carbocycles. The van der Waals surface area contributed by atoms with Crippen molar-refractivity contribution >= 4 is 39.0 Å². The zero-order chi connectivity index (χ0) is 13.1. The molecule has 0 aliphatic carbocycles. The van der Waals surface area contributed by atoms with Crippen LogP contribution in [-0.2, 0) is 16.1 Å². The molecule has 1 N–H and O–H groups in total. The van der Waals surface area contributed by atoms with Crippen LogP contribution in [0.3, 0.4) is 0 Å². The number of fused-ring (bicyclic) bond motifs is 1. The number of halogens is 1. The van der Waals surface area contributed by atoms with Crippen LogP contribution in [-0.4, -0.2) is 19.1 Å². The monoisotopic (exact) mass is 283 g/mol. The topological polar surface area (TPSA) is 38.3 Å². The first-order valence-electron chi connectivity index (χ1n) is 5.60. The van der Waals surface area contributed by atoms with Gasteiger partial charge in [0.05, 0.1) is 12.1 Å². The summed E-state index contributed by atoms with van der Waals surface area (Å²) in [5, 5.41) is 4.93. The van der Waals surface area contributed by atoms with E-state index in [4.69, 9.17) is 11.6 Å². The van der Waals surface area contributed by atoms with Crippen molar-refractivity contribution in [2.45, 2.75) is 19.5 Å². The fraction of sp³-hybridized carbons (Fsp3) is 0.308. The van der Waals surface area contributed by atoms with E-state index in [1.165, 1.54) is 7.11 Å². The first-order chi connectivity index (χ1) is 8.63. The van der Waals surface area contributed by atoms with Crippen LogP contribution in [0.25, 0.3) is 10.1 Å². The summed E-state index contributed by atoms with van der Waals surface area (Å²) in [5.41, 5.74) is 0. The molecule has 2 rings (SSSR count). The maximum atomic E-state index is 11.3. The molecule has 0 saturated carbocycles. The molecular weight excluding hydrogens is 270 g/mol. The van der Waals surface area contributed by atoms with Gasteiger partial charge < -0.3 is 4.74 Å². The molecule has 0 aliphatic heterocycles. The van der Waals surface area contributed by atoms with Crippen LogP contribution >= 0.6 is 22.9 Å². The highest BCUT2D eigenvalue weighted by Gasteiger charge is 2.14. The molecule has 96 valence electrons. The van der Waals surface area contributed by atoms with Gasteiger partial charge in [0.2, 0.25) is 0 Å². The van der Waals surface area contributed by atoms with Gasteiger partial charge >= 0.3 is 5.97 Å². The van der Waals surface area contributed by atoms with Crippen LogP contribution in [0, 0.1) is 0 Å². The second-order valence-electron chi connectivity index (χ2n) is 3.96. The Morgan fingerprint density at radius 3 is 2.89 bits per heavy atom. The molecule has 0 aliphatic rings. The van der Waals surface area contributed by atoms with Crippen molar-refractivity contribution in [2.75, 3.05) is 7.11 Å². The third-order valence-electron chi connectivity index (χ3n) is 2.73. The summed E-state index contributed by atoms with van der Waals surface area (Å²) >= 11 is 7.95. The van der Waals surface area contributed by atoms with Gasteiger partial charge in [-0.05, 0) is 13.0 Å². The lowest BCUT2D eigenvalue weighted by molar-refractivity contribution is -0.142. The van der Waals surface area contributed by atoms with Crippen molar-refractivity contribution in [1.29, 1.82) is 0 Å². The number of ether oxygens (including phenoxy) is 1. The Kier molecular flexibility index (Phi) is 4.22. The Hall–Kier alpha value is -1.10. The predicted octanol–water partition coefficient (Wildman–Crippen LogP) is 3.21. The van der Waals surface area contributed by atoms with Crippen LogP contribution in [0.2, 0.25) is 5.02 Å². The Balaban J connectivity index is 2.13. The number of benzene rings is 1. The van der Waals surface area contributed by atoms with Gasteiger partial charge in [-0.3, -0.25) is 10.1 Å². The summed E-state index contributed by atoms with van der Waals surface area (Å²) in [6.07, 6.45) is 0. The summed E-state index contributed by atoms with van der Waals surface area (Å²) in [6.45, 7) is 2.33. The SMILES string of the molecule is COC(=O)C(C)NCc1sc2ccccc2c1Cl. The molecule has 0 amide bonds. The Morgan fingerprint density at radius 2 is 2.22 bits per heavy atom. The van der Waals surface area contributed by atoms with E-state index in [9.17, 15) is 4.79 Å². The quantitative estimate of drug-likeness (QED) is 0.876. The second-order valence-corrected chi connectivity index (χ2v) is 5.48. The predicted molar refractivity (Wildman–Crippen MR) is 75.2 cm³/mol. The summed E-state index contributed by atoms with van der Waals surface area (Å²) in [7, 11) is 1.38. The molecular formula is C13H14ClNO2S. The number of carbonyl (C=O) groups excluding carboxylic acids is 1. The minimum atomic E-state index is -0.337. The van der Waals surface area contributed by atoms with E-state index in [1.807, 2.05) is 24.3 Å². The van der Waals surface area contributed by atoms with Crippen molar-refractivity contribution in [3.8, 4) is 0 Å². The lowest BCUT2D eigenvalue weighted by atomic mass is 10.2. The van der Waals surface area contributed by atoms with Gasteiger partial charge in [-0.1, -0.05) is 29.8 Å². The van der Waals surface area contributed by atoms with Gasteiger partial charge in [0.25, 0.3) is 0 Å². The Bertz CT molecular complexity index is 567. The molecule has 0 radical (unpaired) electrons. The van der Waals surface area contributed by atoms with Crippen LogP contribution in [0.5, 0.6) is 0 Å². The van der Waals surface area contributed by atoms with E-state index < -0.39 is 0 Å². The third kappa shape index (κ3) is 2.66. The number of thiophene rings is 1. The van der Waals surface area contributed by atoms with Crippen LogP contribution in [0.1, 0.15) is 11.8 Å². The fourth-order valence-corrected chi connectivity index (χ4v) is 3.13. The Labute approximate surface area is 115 Å². The molecule has 1 atom stereocenters. The molecule has 0 fully saturated rings. The maximum Gasteiger partial charge on any atom is 0.322 e. The van der Waals surface area contributed by atoms with Gasteiger partial charge in [0, 0.05) is 21.5 Å². The van der Waals surface area contributed by atoms with Gasteiger partial charge in [-0.15, -0.1) is 11.3 Å². The fourth-order valence-electron chi connectivity index (χ4n) is 1.68. The first-order valence-corrected chi connectivity index (χ1v) is 6.80. The summed E-state index contributed by atoms with van der Waals surface area (Å²) in [6, 6.07) is 7.66. The Morgan fingerprint density at radius 1 is 1.50 bits per heavy atom. The van der Waals surface area contributed by atoms with E-state index in [0.717, 1.165) is 20.0 Å². The number of hydrogen-bond acceptors (Lipinski definition) is 4. The van der Waals surface area contributed by atoms with Crippen molar-refractivity contribution < 1.29 is 9.53 Å². The zero-order valence-electron chi connectivity index (χ0n) is 10.2. The smallest absolute Gasteiger partial charge is 0.322 e. The highest BCUT2D eigenvalue weighted by Crippen LogP contribution is 2.34. The molecule has 2 aromatic rings. The average molecular weight is 284 g/mol. The van der Waals surface area contributed by atoms with E-state index >= 15 is 0 Å². The van der Waals surface area contributed by atoms with E-state index in [2.05, 4.69) is 10.1 Å². The zero-order valence-corrected chi connectivity index (χ0v) is 11.8. The molecule has 3 nitrogen and oxygen atoms in total. The molecule has 0 spiro atoms. The molecule has 5 heteroatoms. The lowest BCUT2D eigenvalue weighted by Gasteiger charge is -2.10. The minimum absolute atomic E-state index is 0.271. The van der Waals surface area contributed by atoms with Gasteiger partial charge in [0.15, 0.2) is 0 Å². The maximum absolute atomic E-state index is 11.3. The van der Waals surface area contributed by atoms with Crippen molar-refractivity contribution in [2.24, 2.45) is 0 Å². The average Bonchev–Trinajstić information content (AvgIpc) is 2.72. The summed E-state index contributed by atoms with van der Waals surface area (Å²) in [5.74, 6) is -0.271. The highest BCUT2D eigenvalue weighted by molar-refractivity contribution is 7.19. The second kappa shape index (κ2) is 5.69. The standard InChI is InChI=1S/C13H14ClNO2S/c1-8(13(16)17-2)15-7-11-12(14)9-5-3-4-6-10(9)18-11/h3-6,8,15H,7H2,1-2H3. The molecule has 1 heterocycles. The van der Waals surface area contributed by atoms with Crippen molar-refractivity contribution in [3.05, 3.63) is 34.2 Å². The van der Waals surface area contributed by atoms with Gasteiger partial charge in [0.1, 0.15) is 6.04 Å². The molecule has 0 bridgehead atoms. The number of rotatable bonds is 4. The highest BCUT2D eigenvalue weighted by atomic mass is 35.5. The molecule has 0 saturated heterocycles. The van der Waals surface area contributed by atoms with Crippen LogP contribution in [0.4, 0.5) is 0 Å². The summed E-state index contributed by atoms with van der Waals surface area (Å²) < 4.78 is 5.82. The molecule has 1 unspecified atom stereocenters. The summed E-state index contributed by atoms with van der Waals surface area (Å²) in [4.78, 5) is 12.3. The minimum Gasteiger partial charge on any atom is -0.468 e. The van der Waals surface area contributed by atoms with Gasteiger partial charge in [-0.2, -0.15) is 0 Å². The largest absolute Gasteiger partial charge is 0.468 e. The molecule has 1 aromatic heterocycles. The number of hydrogen-bond donors (Lipinski definition) is 1. The molecule has 18 heavy (non-hydrogen) atoms. The number of carbonyl (C=O) groups is 1. The third-order valence-corrected chi connectivity index (χ3v) is 4.44. The normalized spacial score (nSPS) is 12.6. The van der Waals surface area contributed by atoms with Gasteiger partial charge in [-0.25, -0.2) is 0 Å².